The Morgan fingerprint density at radius 2 is 1.42 bits per heavy atom. The van der Waals surface area contributed by atoms with Crippen molar-refractivity contribution in [2.45, 2.75) is 25.7 Å². The Morgan fingerprint density at radius 3 is 1.73 bits per heavy atom. The summed E-state index contributed by atoms with van der Waals surface area (Å²) in [6.07, 6.45) is 0.365. The number of carbonyl (C=O) groups is 4. The normalized spacial score (nSPS) is 14.7. The molecule has 0 heterocycles. The molecule has 0 spiro atoms. The van der Waals surface area contributed by atoms with Gasteiger partial charge in [-0.3, -0.25) is 19.2 Å². The lowest BCUT2D eigenvalue weighted by Crippen LogP contribution is -2.63. The molecule has 0 bridgehead atoms. The highest BCUT2D eigenvalue weighted by molar-refractivity contribution is 6.20. The van der Waals surface area contributed by atoms with Gasteiger partial charge in [0.15, 0.2) is 0 Å². The Balaban J connectivity index is 4.05. The Labute approximate surface area is 149 Å². The van der Waals surface area contributed by atoms with Crippen molar-refractivity contribution in [3.8, 4) is 0 Å². The lowest BCUT2D eigenvalue weighted by atomic mass is 9.53. The quantitative estimate of drug-likeness (QED) is 0.364. The molecular weight excluding hydrogens is 344 g/mol. The molecule has 0 aliphatic rings. The van der Waals surface area contributed by atoms with E-state index in [1.54, 1.807) is 18.2 Å². The van der Waals surface area contributed by atoms with Crippen LogP contribution in [0.3, 0.4) is 0 Å². The topological polar surface area (TPSA) is 149 Å². The van der Waals surface area contributed by atoms with E-state index in [0.717, 1.165) is 6.08 Å². The maximum atomic E-state index is 12.3. The van der Waals surface area contributed by atoms with E-state index in [0.29, 0.717) is 5.56 Å². The number of carboxylic acids is 4. The maximum Gasteiger partial charge on any atom is 0.334 e. The molecular formula is C18H20O8. The minimum Gasteiger partial charge on any atom is -0.481 e. The fraction of sp³-hybridized carbons (Fsp3) is 0.333. The Bertz CT molecular complexity index is 688. The number of hydrogen-bond donors (Lipinski definition) is 4. The second kappa shape index (κ2) is 7.81. The summed E-state index contributed by atoms with van der Waals surface area (Å²) in [5, 5.41) is 38.8. The fourth-order valence-electron chi connectivity index (χ4n) is 3.58. The molecule has 1 aromatic carbocycles. The van der Waals surface area contributed by atoms with E-state index >= 15 is 0 Å². The molecule has 0 aliphatic heterocycles. The molecule has 8 nitrogen and oxygen atoms in total. The fourth-order valence-corrected chi connectivity index (χ4v) is 3.58. The van der Waals surface area contributed by atoms with Crippen molar-refractivity contribution < 1.29 is 39.6 Å². The van der Waals surface area contributed by atoms with Gasteiger partial charge in [-0.2, -0.15) is 0 Å². The van der Waals surface area contributed by atoms with Crippen LogP contribution >= 0.6 is 0 Å². The summed E-state index contributed by atoms with van der Waals surface area (Å²) in [6.45, 7) is 4.92. The maximum absolute atomic E-state index is 12.3. The van der Waals surface area contributed by atoms with Gasteiger partial charge in [-0.05, 0) is 18.4 Å². The van der Waals surface area contributed by atoms with Crippen LogP contribution in [0.1, 0.15) is 31.2 Å². The first kappa shape index (κ1) is 20.9. The average Bonchev–Trinajstić information content (AvgIpc) is 2.55. The smallest absolute Gasteiger partial charge is 0.334 e. The molecule has 0 fully saturated rings. The molecule has 2 unspecified atom stereocenters. The summed E-state index contributed by atoms with van der Waals surface area (Å²) in [5.41, 5.74) is -5.98. The summed E-state index contributed by atoms with van der Waals surface area (Å²) in [7, 11) is 0. The van der Waals surface area contributed by atoms with Crippen LogP contribution in [0.4, 0.5) is 0 Å². The van der Waals surface area contributed by atoms with Gasteiger partial charge in [0.05, 0.1) is 0 Å². The zero-order chi connectivity index (χ0) is 20.1. The lowest BCUT2D eigenvalue weighted by Gasteiger charge is -2.44. The van der Waals surface area contributed by atoms with Crippen LogP contribution in [0, 0.1) is 10.8 Å². The monoisotopic (exact) mass is 364 g/mol. The summed E-state index contributed by atoms with van der Waals surface area (Å²) in [6, 6.07) is 7.80. The first-order valence-electron chi connectivity index (χ1n) is 7.73. The number of hydrogen-bond acceptors (Lipinski definition) is 4. The van der Waals surface area contributed by atoms with Gasteiger partial charge in [0.2, 0.25) is 0 Å². The molecule has 0 amide bonds. The van der Waals surface area contributed by atoms with Gasteiger partial charge in [0.1, 0.15) is 5.41 Å². The van der Waals surface area contributed by atoms with E-state index in [1.807, 2.05) is 0 Å². The molecule has 1 aromatic rings. The second-order valence-corrected chi connectivity index (χ2v) is 5.81. The van der Waals surface area contributed by atoms with Gasteiger partial charge in [-0.25, -0.2) is 0 Å². The third kappa shape index (κ3) is 2.83. The van der Waals surface area contributed by atoms with E-state index in [-0.39, 0.29) is 6.42 Å². The summed E-state index contributed by atoms with van der Waals surface area (Å²) in [4.78, 5) is 48.1. The van der Waals surface area contributed by atoms with Crippen LogP contribution in [-0.4, -0.2) is 44.3 Å². The van der Waals surface area contributed by atoms with Crippen molar-refractivity contribution in [1.29, 1.82) is 0 Å². The van der Waals surface area contributed by atoms with Gasteiger partial charge < -0.3 is 20.4 Å². The molecule has 0 saturated heterocycles. The largest absolute Gasteiger partial charge is 0.481 e. The van der Waals surface area contributed by atoms with Gasteiger partial charge in [-0.1, -0.05) is 43.3 Å². The number of aliphatic carboxylic acids is 4. The van der Waals surface area contributed by atoms with Gasteiger partial charge >= 0.3 is 23.9 Å². The Kier molecular flexibility index (Phi) is 6.28. The van der Waals surface area contributed by atoms with Crippen molar-refractivity contribution in [1.82, 2.24) is 0 Å². The lowest BCUT2D eigenvalue weighted by molar-refractivity contribution is -0.197. The van der Waals surface area contributed by atoms with Crippen LogP contribution in [-0.2, 0) is 19.2 Å². The number of carboxylic acid groups (broad SMARTS) is 4. The highest BCUT2D eigenvalue weighted by atomic mass is 16.4. The predicted molar refractivity (Wildman–Crippen MR) is 89.7 cm³/mol. The van der Waals surface area contributed by atoms with Gasteiger partial charge in [-0.15, -0.1) is 6.58 Å². The average molecular weight is 364 g/mol. The number of benzene rings is 1. The number of rotatable bonds is 10. The second-order valence-electron chi connectivity index (χ2n) is 5.81. The molecule has 8 heteroatoms. The van der Waals surface area contributed by atoms with Crippen molar-refractivity contribution in [2.75, 3.05) is 0 Å². The summed E-state index contributed by atoms with van der Waals surface area (Å²) >= 11 is 0. The van der Waals surface area contributed by atoms with Crippen LogP contribution in [0.15, 0.2) is 43.0 Å². The molecule has 0 radical (unpaired) electrons. The highest BCUT2D eigenvalue weighted by Gasteiger charge is 2.74. The first-order valence-corrected chi connectivity index (χ1v) is 7.73. The minimum atomic E-state index is -3.61. The van der Waals surface area contributed by atoms with E-state index in [1.165, 1.54) is 19.1 Å². The predicted octanol–water partition coefficient (Wildman–Crippen LogP) is 2.07. The third-order valence-corrected chi connectivity index (χ3v) is 4.68. The van der Waals surface area contributed by atoms with Gasteiger partial charge in [0, 0.05) is 5.92 Å². The Hall–Kier alpha value is -3.16. The molecule has 2 atom stereocenters. The van der Waals surface area contributed by atoms with Crippen molar-refractivity contribution in [3.05, 3.63) is 48.6 Å². The molecule has 0 saturated carbocycles. The Morgan fingerprint density at radius 1 is 0.962 bits per heavy atom. The summed E-state index contributed by atoms with van der Waals surface area (Å²) in [5.74, 6) is -9.80. The third-order valence-electron chi connectivity index (χ3n) is 4.68. The van der Waals surface area contributed by atoms with Crippen LogP contribution in [0.25, 0.3) is 0 Å². The van der Waals surface area contributed by atoms with Crippen molar-refractivity contribution in [2.24, 2.45) is 10.8 Å². The van der Waals surface area contributed by atoms with Crippen molar-refractivity contribution >= 4 is 23.9 Å². The van der Waals surface area contributed by atoms with Gasteiger partial charge in [0.25, 0.3) is 5.41 Å². The zero-order valence-corrected chi connectivity index (χ0v) is 14.1. The van der Waals surface area contributed by atoms with Crippen LogP contribution < -0.4 is 0 Å². The highest BCUT2D eigenvalue weighted by Crippen LogP contribution is 2.55. The molecule has 26 heavy (non-hydrogen) atoms. The summed E-state index contributed by atoms with van der Waals surface area (Å²) < 4.78 is 0. The van der Waals surface area contributed by atoms with E-state index < -0.39 is 47.0 Å². The van der Waals surface area contributed by atoms with E-state index in [2.05, 4.69) is 6.58 Å². The zero-order valence-electron chi connectivity index (χ0n) is 14.1. The molecule has 0 aliphatic carbocycles. The first-order chi connectivity index (χ1) is 12.1. The van der Waals surface area contributed by atoms with Crippen molar-refractivity contribution in [3.63, 3.8) is 0 Å². The standard InChI is InChI=1S/C18H20O8/c1-3-10-17(13(19)20,12(4-2)11-8-6-5-7-9-11)18(14(21)22,15(23)24)16(25)26/h3,5-9,12H,1,4,10H2,2H3,(H,19,20)(H,21,22)(H,23,24)(H,25,26). The molecule has 4 N–H and O–H groups in total. The molecule has 1 rings (SSSR count). The minimum absolute atomic E-state index is 0.000255. The molecule has 0 aromatic heterocycles. The SMILES string of the molecule is C=CCC(C(=O)O)(C(CC)c1ccccc1)C(C(=O)O)(C(=O)O)C(=O)O. The van der Waals surface area contributed by atoms with E-state index in [9.17, 15) is 39.6 Å². The van der Waals surface area contributed by atoms with E-state index in [4.69, 9.17) is 0 Å². The molecule has 140 valence electrons. The number of allylic oxidation sites excluding steroid dienone is 1. The van der Waals surface area contributed by atoms with Crippen LogP contribution in [0.2, 0.25) is 0 Å². The van der Waals surface area contributed by atoms with Crippen LogP contribution in [0.5, 0.6) is 0 Å².